The molecule has 162 valence electrons. The Bertz CT molecular complexity index is 845. The van der Waals surface area contributed by atoms with Crippen molar-refractivity contribution in [3.05, 3.63) is 46.8 Å². The lowest BCUT2D eigenvalue weighted by molar-refractivity contribution is -0.154. The fourth-order valence-electron chi connectivity index (χ4n) is 3.91. The number of hydrogen-bond acceptors (Lipinski definition) is 6. The molecule has 1 aliphatic heterocycles. The highest BCUT2D eigenvalue weighted by Crippen LogP contribution is 2.22. The van der Waals surface area contributed by atoms with E-state index in [0.29, 0.717) is 12.4 Å². The summed E-state index contributed by atoms with van der Waals surface area (Å²) in [5.74, 6) is 0.904. The van der Waals surface area contributed by atoms with Gasteiger partial charge in [0.05, 0.1) is 17.7 Å². The highest BCUT2D eigenvalue weighted by atomic mass is 16.5. The summed E-state index contributed by atoms with van der Waals surface area (Å²) in [5.41, 5.74) is 2.55. The summed E-state index contributed by atoms with van der Waals surface area (Å²) in [5, 5.41) is 3.91. The monoisotopic (exact) mass is 414 g/mol. The third-order valence-corrected chi connectivity index (χ3v) is 5.67. The van der Waals surface area contributed by atoms with Crippen molar-refractivity contribution in [3.8, 4) is 5.75 Å². The first kappa shape index (κ1) is 21.9. The molecule has 7 nitrogen and oxygen atoms in total. The number of amides is 1. The van der Waals surface area contributed by atoms with Gasteiger partial charge in [0.2, 0.25) is 0 Å². The molecule has 1 saturated heterocycles. The molecule has 1 amide bonds. The summed E-state index contributed by atoms with van der Waals surface area (Å²) >= 11 is 0. The van der Waals surface area contributed by atoms with Crippen molar-refractivity contribution < 1.29 is 23.6 Å². The van der Waals surface area contributed by atoms with Crippen molar-refractivity contribution in [2.45, 2.75) is 72.1 Å². The minimum atomic E-state index is -0.412. The summed E-state index contributed by atoms with van der Waals surface area (Å²) < 4.78 is 16.1. The summed E-state index contributed by atoms with van der Waals surface area (Å²) in [7, 11) is 0. The largest absolute Gasteiger partial charge is 0.489 e. The summed E-state index contributed by atoms with van der Waals surface area (Å²) in [6, 6.07) is 7.64. The van der Waals surface area contributed by atoms with Crippen LogP contribution in [0, 0.1) is 13.8 Å². The first-order valence-corrected chi connectivity index (χ1v) is 10.5. The smallest absolute Gasteiger partial charge is 0.310 e. The van der Waals surface area contributed by atoms with Crippen LogP contribution >= 0.6 is 0 Å². The highest BCUT2D eigenvalue weighted by molar-refractivity contribution is 5.81. The lowest BCUT2D eigenvalue weighted by Gasteiger charge is -2.38. The fourth-order valence-corrected chi connectivity index (χ4v) is 3.91. The van der Waals surface area contributed by atoms with Gasteiger partial charge in [-0.1, -0.05) is 17.3 Å². The minimum Gasteiger partial charge on any atom is -0.489 e. The van der Waals surface area contributed by atoms with Gasteiger partial charge >= 0.3 is 5.97 Å². The second-order valence-electron chi connectivity index (χ2n) is 8.00. The number of hydrogen-bond donors (Lipinski definition) is 0. The molecule has 30 heavy (non-hydrogen) atoms. The Balaban J connectivity index is 1.45. The SMILES string of the molecule is Cc1noc(C)c1COc1ccc(CC(=O)OCC(=O)N2[C@H](C)CCC[C@@H]2C)cc1. The molecular formula is C23H30N2O5. The van der Waals surface area contributed by atoms with Crippen molar-refractivity contribution in [3.63, 3.8) is 0 Å². The van der Waals surface area contributed by atoms with Crippen LogP contribution in [0.5, 0.6) is 5.75 Å². The van der Waals surface area contributed by atoms with Gasteiger partial charge in [0.15, 0.2) is 6.61 Å². The molecule has 1 aromatic heterocycles. The van der Waals surface area contributed by atoms with Crippen molar-refractivity contribution in [1.82, 2.24) is 10.1 Å². The van der Waals surface area contributed by atoms with Crippen LogP contribution in [0.2, 0.25) is 0 Å². The van der Waals surface area contributed by atoms with Gasteiger partial charge in [-0.15, -0.1) is 0 Å². The van der Waals surface area contributed by atoms with E-state index in [2.05, 4.69) is 5.16 Å². The topological polar surface area (TPSA) is 81.9 Å². The van der Waals surface area contributed by atoms with Gasteiger partial charge in [-0.2, -0.15) is 0 Å². The van der Waals surface area contributed by atoms with Gasteiger partial charge in [-0.05, 0) is 64.7 Å². The molecule has 0 saturated carbocycles. The maximum Gasteiger partial charge on any atom is 0.310 e. The Morgan fingerprint density at radius 2 is 1.80 bits per heavy atom. The van der Waals surface area contributed by atoms with Crippen molar-refractivity contribution in [2.24, 2.45) is 0 Å². The number of likely N-dealkylation sites (tertiary alicyclic amines) is 1. The predicted molar refractivity (Wildman–Crippen MR) is 111 cm³/mol. The molecule has 0 aliphatic carbocycles. The standard InChI is InChI=1S/C23H30N2O5/c1-15-6-5-7-16(2)25(15)22(26)14-29-23(27)12-19-8-10-20(11-9-19)28-13-21-17(3)24-30-18(21)4/h8-11,15-16H,5-7,12-14H2,1-4H3/t15-,16+. The highest BCUT2D eigenvalue weighted by Gasteiger charge is 2.29. The van der Waals surface area contributed by atoms with Gasteiger partial charge in [-0.3, -0.25) is 9.59 Å². The number of ether oxygens (including phenoxy) is 2. The molecule has 0 N–H and O–H groups in total. The first-order chi connectivity index (χ1) is 14.3. The Morgan fingerprint density at radius 3 is 2.40 bits per heavy atom. The van der Waals surface area contributed by atoms with Crippen molar-refractivity contribution in [1.29, 1.82) is 0 Å². The van der Waals surface area contributed by atoms with Crippen LogP contribution < -0.4 is 4.74 Å². The molecule has 2 atom stereocenters. The Kier molecular flexibility index (Phi) is 7.13. The molecule has 2 aromatic rings. The van der Waals surface area contributed by atoms with Crippen LogP contribution in [0.3, 0.4) is 0 Å². The van der Waals surface area contributed by atoms with E-state index >= 15 is 0 Å². The molecule has 1 aliphatic rings. The normalized spacial score (nSPS) is 18.9. The summed E-state index contributed by atoms with van der Waals surface area (Å²) in [6.45, 7) is 7.99. The average molecular weight is 415 g/mol. The van der Waals surface area contributed by atoms with Crippen LogP contribution in [-0.2, 0) is 27.4 Å². The third-order valence-electron chi connectivity index (χ3n) is 5.67. The number of carbonyl (C=O) groups excluding carboxylic acids is 2. The van der Waals surface area contributed by atoms with E-state index in [-0.39, 0.29) is 31.0 Å². The van der Waals surface area contributed by atoms with E-state index in [1.165, 1.54) is 0 Å². The number of nitrogens with zero attached hydrogens (tertiary/aromatic N) is 2. The number of aromatic nitrogens is 1. The van der Waals surface area contributed by atoms with Gasteiger partial charge in [0.1, 0.15) is 18.1 Å². The lowest BCUT2D eigenvalue weighted by Crippen LogP contribution is -2.49. The molecule has 0 radical (unpaired) electrons. The second-order valence-corrected chi connectivity index (χ2v) is 8.00. The molecule has 0 spiro atoms. The van der Waals surface area contributed by atoms with Gasteiger partial charge in [0.25, 0.3) is 5.91 Å². The average Bonchev–Trinajstić information content (AvgIpc) is 3.03. The van der Waals surface area contributed by atoms with Gasteiger partial charge in [0, 0.05) is 12.1 Å². The molecule has 0 unspecified atom stereocenters. The van der Waals surface area contributed by atoms with E-state index in [9.17, 15) is 9.59 Å². The molecule has 7 heteroatoms. The van der Waals surface area contributed by atoms with Crippen LogP contribution in [0.25, 0.3) is 0 Å². The zero-order valence-electron chi connectivity index (χ0n) is 18.1. The summed E-state index contributed by atoms with van der Waals surface area (Å²) in [6.07, 6.45) is 3.23. The number of piperidine rings is 1. The fraction of sp³-hybridized carbons (Fsp3) is 0.522. The van der Waals surface area contributed by atoms with Crippen LogP contribution in [0.1, 0.15) is 55.7 Å². The Hall–Kier alpha value is -2.83. The third kappa shape index (κ3) is 5.40. The van der Waals surface area contributed by atoms with Gasteiger partial charge in [-0.25, -0.2) is 0 Å². The van der Waals surface area contributed by atoms with Crippen LogP contribution in [0.4, 0.5) is 0 Å². The predicted octanol–water partition coefficient (Wildman–Crippen LogP) is 3.75. The van der Waals surface area contributed by atoms with Crippen molar-refractivity contribution >= 4 is 11.9 Å². The lowest BCUT2D eigenvalue weighted by atomic mass is 9.97. The summed E-state index contributed by atoms with van der Waals surface area (Å²) in [4.78, 5) is 26.5. The van der Waals surface area contributed by atoms with Crippen LogP contribution in [-0.4, -0.2) is 40.6 Å². The molecule has 1 aromatic carbocycles. The number of esters is 1. The maximum atomic E-state index is 12.5. The Labute approximate surface area is 177 Å². The van der Waals surface area contributed by atoms with E-state index in [1.807, 2.05) is 56.9 Å². The molecule has 3 rings (SSSR count). The number of benzene rings is 1. The number of rotatable bonds is 7. The number of carbonyl (C=O) groups is 2. The molecule has 2 heterocycles. The zero-order valence-corrected chi connectivity index (χ0v) is 18.1. The Morgan fingerprint density at radius 1 is 1.13 bits per heavy atom. The number of aryl methyl sites for hydroxylation is 2. The van der Waals surface area contributed by atoms with E-state index in [4.69, 9.17) is 14.0 Å². The van der Waals surface area contributed by atoms with E-state index in [0.717, 1.165) is 41.8 Å². The quantitative estimate of drug-likeness (QED) is 0.642. The van der Waals surface area contributed by atoms with E-state index < -0.39 is 5.97 Å². The maximum absolute atomic E-state index is 12.5. The van der Waals surface area contributed by atoms with E-state index in [1.54, 1.807) is 0 Å². The minimum absolute atomic E-state index is 0.114. The second kappa shape index (κ2) is 9.78. The van der Waals surface area contributed by atoms with Crippen LogP contribution in [0.15, 0.2) is 28.8 Å². The molecule has 0 bridgehead atoms. The first-order valence-electron chi connectivity index (χ1n) is 10.5. The molecular weight excluding hydrogens is 384 g/mol. The molecule has 1 fully saturated rings. The van der Waals surface area contributed by atoms with Crippen molar-refractivity contribution in [2.75, 3.05) is 6.61 Å². The van der Waals surface area contributed by atoms with Gasteiger partial charge < -0.3 is 18.9 Å². The zero-order chi connectivity index (χ0) is 21.7.